The van der Waals surface area contributed by atoms with Gasteiger partial charge >= 0.3 is 0 Å². The van der Waals surface area contributed by atoms with Crippen LogP contribution in [-0.4, -0.2) is 47.9 Å². The molecule has 1 aromatic carbocycles. The number of para-hydroxylation sites is 1. The zero-order valence-electron chi connectivity index (χ0n) is 16.8. The molecule has 0 saturated carbocycles. The molecule has 7 heteroatoms. The lowest BCUT2D eigenvalue weighted by molar-refractivity contribution is -0.126. The van der Waals surface area contributed by atoms with Gasteiger partial charge in [0.15, 0.2) is 0 Å². The van der Waals surface area contributed by atoms with E-state index in [9.17, 15) is 9.59 Å². The summed E-state index contributed by atoms with van der Waals surface area (Å²) in [5, 5.41) is 5.97. The summed E-state index contributed by atoms with van der Waals surface area (Å²) in [5.74, 6) is 0.886. The van der Waals surface area contributed by atoms with Gasteiger partial charge in [-0.15, -0.1) is 11.3 Å². The Morgan fingerprint density at radius 3 is 2.77 bits per heavy atom. The van der Waals surface area contributed by atoms with Crippen LogP contribution in [0.2, 0.25) is 0 Å². The molecule has 4 rings (SSSR count). The first kappa shape index (κ1) is 20.3. The Bertz CT molecular complexity index is 993. The molecule has 0 spiro atoms. The molecule has 1 aliphatic heterocycles. The molecule has 2 amide bonds. The van der Waals surface area contributed by atoms with Crippen LogP contribution in [0.15, 0.2) is 54.0 Å². The molecular formula is C23H25N3O3S. The number of pyridine rings is 1. The van der Waals surface area contributed by atoms with Crippen molar-refractivity contribution in [2.24, 2.45) is 5.92 Å². The fourth-order valence-electron chi connectivity index (χ4n) is 3.70. The van der Waals surface area contributed by atoms with E-state index in [2.05, 4.69) is 10.3 Å². The Morgan fingerprint density at radius 1 is 1.13 bits per heavy atom. The Hall–Kier alpha value is -2.93. The Balaban J connectivity index is 1.16. The maximum atomic E-state index is 12.4. The van der Waals surface area contributed by atoms with Crippen LogP contribution in [0.4, 0.5) is 0 Å². The third kappa shape index (κ3) is 4.79. The summed E-state index contributed by atoms with van der Waals surface area (Å²) in [6, 6.07) is 13.5. The van der Waals surface area contributed by atoms with Gasteiger partial charge < -0.3 is 15.0 Å². The van der Waals surface area contributed by atoms with Gasteiger partial charge in [-0.05, 0) is 42.8 Å². The first-order chi connectivity index (χ1) is 14.7. The van der Waals surface area contributed by atoms with Gasteiger partial charge in [0.05, 0.1) is 11.5 Å². The minimum absolute atomic E-state index is 0.0272. The molecule has 1 aliphatic rings. The third-order valence-electron chi connectivity index (χ3n) is 5.36. The number of aromatic nitrogens is 1. The molecule has 6 nitrogen and oxygen atoms in total. The number of fused-ring (bicyclic) bond motifs is 1. The van der Waals surface area contributed by atoms with E-state index in [1.807, 2.05) is 52.7 Å². The van der Waals surface area contributed by atoms with Crippen molar-refractivity contribution in [3.63, 3.8) is 0 Å². The van der Waals surface area contributed by atoms with E-state index in [0.29, 0.717) is 39.1 Å². The number of likely N-dealkylation sites (tertiary alicyclic amines) is 1. The first-order valence-electron chi connectivity index (χ1n) is 10.3. The zero-order chi connectivity index (χ0) is 20.8. The van der Waals surface area contributed by atoms with Gasteiger partial charge in [-0.1, -0.05) is 24.3 Å². The van der Waals surface area contributed by atoms with Crippen LogP contribution in [0.3, 0.4) is 0 Å². The maximum Gasteiger partial charge on any atom is 0.263 e. The molecule has 0 atom stereocenters. The van der Waals surface area contributed by atoms with Crippen molar-refractivity contribution in [1.29, 1.82) is 0 Å². The van der Waals surface area contributed by atoms with Gasteiger partial charge in [0.25, 0.3) is 5.91 Å². The highest BCUT2D eigenvalue weighted by atomic mass is 32.1. The Kier molecular flexibility index (Phi) is 6.59. The SMILES string of the molecule is O=C(NCCCOc1cccc2cccnc12)C1CCN(C(=O)c2cccs2)CC1. The van der Waals surface area contributed by atoms with Crippen molar-refractivity contribution in [1.82, 2.24) is 15.2 Å². The van der Waals surface area contributed by atoms with E-state index in [0.717, 1.165) is 28.0 Å². The molecule has 0 radical (unpaired) electrons. The number of hydrogen-bond donors (Lipinski definition) is 1. The Morgan fingerprint density at radius 2 is 1.97 bits per heavy atom. The summed E-state index contributed by atoms with van der Waals surface area (Å²) < 4.78 is 5.87. The van der Waals surface area contributed by atoms with Crippen molar-refractivity contribution < 1.29 is 14.3 Å². The van der Waals surface area contributed by atoms with Crippen LogP contribution in [0.25, 0.3) is 10.9 Å². The van der Waals surface area contributed by atoms with E-state index >= 15 is 0 Å². The number of carbonyl (C=O) groups is 2. The van der Waals surface area contributed by atoms with Gasteiger partial charge in [0, 0.05) is 37.1 Å². The standard InChI is InChI=1S/C23H25N3O3S/c27-22(18-9-13-26(14-10-18)23(28)20-8-3-16-30-20)25-12-4-15-29-19-7-1-5-17-6-2-11-24-21(17)19/h1-3,5-8,11,16,18H,4,9-10,12-15H2,(H,25,27). The average Bonchev–Trinajstić information content (AvgIpc) is 3.33. The van der Waals surface area contributed by atoms with Gasteiger partial charge in [-0.2, -0.15) is 0 Å². The number of nitrogens with zero attached hydrogens (tertiary/aromatic N) is 2. The highest BCUT2D eigenvalue weighted by molar-refractivity contribution is 7.12. The van der Waals surface area contributed by atoms with Crippen molar-refractivity contribution >= 4 is 34.1 Å². The predicted molar refractivity (Wildman–Crippen MR) is 118 cm³/mol. The molecule has 3 heterocycles. The molecule has 2 aromatic heterocycles. The quantitative estimate of drug-likeness (QED) is 0.588. The van der Waals surface area contributed by atoms with E-state index in [4.69, 9.17) is 4.74 Å². The normalized spacial score (nSPS) is 14.6. The second-order valence-corrected chi connectivity index (χ2v) is 8.32. The van der Waals surface area contributed by atoms with Gasteiger partial charge in [-0.25, -0.2) is 0 Å². The highest BCUT2D eigenvalue weighted by Crippen LogP contribution is 2.23. The predicted octanol–water partition coefficient (Wildman–Crippen LogP) is 3.73. The third-order valence-corrected chi connectivity index (χ3v) is 6.22. The summed E-state index contributed by atoms with van der Waals surface area (Å²) in [6.45, 7) is 2.35. The van der Waals surface area contributed by atoms with Gasteiger partial charge in [0.2, 0.25) is 5.91 Å². The summed E-state index contributed by atoms with van der Waals surface area (Å²) >= 11 is 1.46. The minimum atomic E-state index is -0.0272. The van der Waals surface area contributed by atoms with Gasteiger partial charge in [0.1, 0.15) is 11.3 Å². The van der Waals surface area contributed by atoms with E-state index in [1.165, 1.54) is 11.3 Å². The lowest BCUT2D eigenvalue weighted by atomic mass is 9.95. The topological polar surface area (TPSA) is 71.5 Å². The van der Waals surface area contributed by atoms with Crippen LogP contribution >= 0.6 is 11.3 Å². The number of piperidine rings is 1. The van der Waals surface area contributed by atoms with Crippen LogP contribution in [0.1, 0.15) is 28.9 Å². The van der Waals surface area contributed by atoms with E-state index in [-0.39, 0.29) is 17.7 Å². The average molecular weight is 424 g/mol. The van der Waals surface area contributed by atoms with Crippen LogP contribution in [0, 0.1) is 5.92 Å². The molecule has 0 bridgehead atoms. The van der Waals surface area contributed by atoms with Gasteiger partial charge in [-0.3, -0.25) is 14.6 Å². The van der Waals surface area contributed by atoms with Crippen molar-refractivity contribution in [2.75, 3.05) is 26.2 Å². The molecule has 1 fully saturated rings. The summed E-state index contributed by atoms with van der Waals surface area (Å²) in [5.41, 5.74) is 0.855. The minimum Gasteiger partial charge on any atom is -0.491 e. The van der Waals surface area contributed by atoms with Crippen molar-refractivity contribution in [3.05, 3.63) is 58.9 Å². The first-order valence-corrected chi connectivity index (χ1v) is 11.2. The molecular weight excluding hydrogens is 398 g/mol. The van der Waals surface area contributed by atoms with Crippen LogP contribution in [0.5, 0.6) is 5.75 Å². The highest BCUT2D eigenvalue weighted by Gasteiger charge is 2.27. The number of amides is 2. The number of rotatable bonds is 7. The Labute approximate surface area is 179 Å². The second-order valence-electron chi connectivity index (χ2n) is 7.37. The maximum absolute atomic E-state index is 12.4. The number of nitrogens with one attached hydrogen (secondary N) is 1. The number of benzene rings is 1. The van der Waals surface area contributed by atoms with Crippen molar-refractivity contribution in [2.45, 2.75) is 19.3 Å². The largest absolute Gasteiger partial charge is 0.491 e. The summed E-state index contributed by atoms with van der Waals surface area (Å²) in [6.07, 6.45) is 3.90. The molecule has 1 N–H and O–H groups in total. The molecule has 3 aromatic rings. The van der Waals surface area contributed by atoms with Crippen LogP contribution in [-0.2, 0) is 4.79 Å². The van der Waals surface area contributed by atoms with Crippen molar-refractivity contribution in [3.8, 4) is 5.75 Å². The molecule has 156 valence electrons. The summed E-state index contributed by atoms with van der Waals surface area (Å²) in [4.78, 5) is 31.8. The smallest absolute Gasteiger partial charge is 0.263 e. The fraction of sp³-hybridized carbons (Fsp3) is 0.348. The zero-order valence-corrected chi connectivity index (χ0v) is 17.6. The lowest BCUT2D eigenvalue weighted by Crippen LogP contribution is -2.43. The number of hydrogen-bond acceptors (Lipinski definition) is 5. The van der Waals surface area contributed by atoms with E-state index < -0.39 is 0 Å². The molecule has 30 heavy (non-hydrogen) atoms. The summed E-state index contributed by atoms with van der Waals surface area (Å²) in [7, 11) is 0. The number of ether oxygens (including phenoxy) is 1. The van der Waals surface area contributed by atoms with E-state index in [1.54, 1.807) is 6.20 Å². The molecule has 0 unspecified atom stereocenters. The fourth-order valence-corrected chi connectivity index (χ4v) is 4.39. The molecule has 0 aliphatic carbocycles. The number of carbonyl (C=O) groups excluding carboxylic acids is 2. The monoisotopic (exact) mass is 423 g/mol. The van der Waals surface area contributed by atoms with Crippen LogP contribution < -0.4 is 10.1 Å². The molecule has 1 saturated heterocycles. The number of thiophene rings is 1. The lowest BCUT2D eigenvalue weighted by Gasteiger charge is -2.31. The second kappa shape index (κ2) is 9.71.